The Hall–Kier alpha value is -2.37. The first-order valence-electron chi connectivity index (χ1n) is 10.6. The van der Waals surface area contributed by atoms with Gasteiger partial charge in [0.15, 0.2) is 0 Å². The Morgan fingerprint density at radius 3 is 2.84 bits per heavy atom. The van der Waals surface area contributed by atoms with Crippen molar-refractivity contribution in [3.8, 4) is 11.3 Å². The van der Waals surface area contributed by atoms with Crippen LogP contribution in [0, 0.1) is 0 Å². The summed E-state index contributed by atoms with van der Waals surface area (Å²) in [5.74, 6) is -3.07. The summed E-state index contributed by atoms with van der Waals surface area (Å²) in [5.41, 5.74) is 2.43. The van der Waals surface area contributed by atoms with Gasteiger partial charge in [0, 0.05) is 52.4 Å². The van der Waals surface area contributed by atoms with Gasteiger partial charge in [-0.05, 0) is 23.7 Å². The molecule has 8 nitrogen and oxygen atoms in total. The fourth-order valence-electron chi connectivity index (χ4n) is 3.25. The maximum Gasteiger partial charge on any atom is 0.317 e. The van der Waals surface area contributed by atoms with Crippen molar-refractivity contribution in [3.05, 3.63) is 36.3 Å². The third kappa shape index (κ3) is 6.33. The normalized spacial score (nSPS) is 18.0. The highest BCUT2D eigenvalue weighted by Gasteiger charge is 2.46. The number of hydrogen-bond donors (Lipinski definition) is 1. The Labute approximate surface area is 187 Å². The summed E-state index contributed by atoms with van der Waals surface area (Å²) in [6.07, 6.45) is 5.02. The van der Waals surface area contributed by atoms with Crippen LogP contribution in [0.4, 0.5) is 13.6 Å². The molecule has 0 aliphatic carbocycles. The highest BCUT2D eigenvalue weighted by Crippen LogP contribution is 2.26. The second-order valence-corrected chi connectivity index (χ2v) is 14.9. The van der Waals surface area contributed by atoms with Gasteiger partial charge in [0.25, 0.3) is 5.92 Å². The molecule has 32 heavy (non-hydrogen) atoms. The van der Waals surface area contributed by atoms with Crippen LogP contribution in [0.3, 0.4) is 0 Å². The molecule has 176 valence electrons. The molecule has 11 heteroatoms. The monoisotopic (exact) mass is 467 g/mol. The van der Waals surface area contributed by atoms with E-state index < -0.39 is 32.7 Å². The average molecular weight is 468 g/mol. The van der Waals surface area contributed by atoms with Gasteiger partial charge < -0.3 is 19.7 Å². The Kier molecular flexibility index (Phi) is 7.62. The molecule has 0 spiro atoms. The number of alkyl halides is 2. The first-order chi connectivity index (χ1) is 15.1. The summed E-state index contributed by atoms with van der Waals surface area (Å²) in [6, 6.07) is 2.80. The van der Waals surface area contributed by atoms with Gasteiger partial charge in [-0.15, -0.1) is 0 Å². The van der Waals surface area contributed by atoms with Crippen molar-refractivity contribution < 1.29 is 23.0 Å². The topological polar surface area (TPSA) is 81.5 Å². The molecule has 0 radical (unpaired) electrons. The molecule has 1 atom stereocenters. The molecule has 0 aromatic carbocycles. The molecule has 1 fully saturated rings. The summed E-state index contributed by atoms with van der Waals surface area (Å²) in [5, 5.41) is 6.71. The number of nitrogens with one attached hydrogen (secondary N) is 1. The van der Waals surface area contributed by atoms with Crippen molar-refractivity contribution >= 4 is 14.1 Å². The van der Waals surface area contributed by atoms with Crippen molar-refractivity contribution in [2.45, 2.75) is 50.9 Å². The van der Waals surface area contributed by atoms with E-state index in [1.807, 2.05) is 6.07 Å². The summed E-state index contributed by atoms with van der Waals surface area (Å²) < 4.78 is 39.9. The summed E-state index contributed by atoms with van der Waals surface area (Å²) in [7, 11) is 0.379. The second kappa shape index (κ2) is 10.0. The number of rotatable bonds is 9. The molecule has 2 aromatic heterocycles. The number of amides is 2. The van der Waals surface area contributed by atoms with E-state index >= 15 is 0 Å². The maximum absolute atomic E-state index is 13.8. The van der Waals surface area contributed by atoms with E-state index in [2.05, 4.69) is 35.0 Å². The van der Waals surface area contributed by atoms with Crippen LogP contribution in [-0.4, -0.2) is 72.6 Å². The molecule has 0 saturated carbocycles. The van der Waals surface area contributed by atoms with Crippen LogP contribution in [0.1, 0.15) is 5.56 Å². The lowest BCUT2D eigenvalue weighted by molar-refractivity contribution is -0.0222. The fraction of sp³-hybridized carbons (Fsp3) is 0.571. The molecule has 2 amide bonds. The first-order valence-corrected chi connectivity index (χ1v) is 14.3. The standard InChI is InChI=1S/C21H31F2N5O3Si/c1-27(20(29)26-19-13-31-14-21(19,22)23)12-16-5-7-24-11-17(16)18-6-8-25-28(18)15-30-9-10-32(2,3)4/h5-8,11,19H,9-10,12-15H2,1-4H3,(H,26,29). The molecule has 2 aromatic rings. The number of carbonyl (C=O) groups excluding carboxylic acids is 1. The van der Waals surface area contributed by atoms with Crippen molar-refractivity contribution in [2.75, 3.05) is 26.9 Å². The van der Waals surface area contributed by atoms with E-state index in [-0.39, 0.29) is 13.2 Å². The van der Waals surface area contributed by atoms with E-state index in [9.17, 15) is 13.6 Å². The fourth-order valence-corrected chi connectivity index (χ4v) is 4.01. The molecule has 3 heterocycles. The van der Waals surface area contributed by atoms with E-state index in [1.165, 1.54) is 4.90 Å². The number of urea groups is 1. The zero-order valence-electron chi connectivity index (χ0n) is 19.0. The number of pyridine rings is 1. The SMILES string of the molecule is CN(Cc1ccncc1-c1ccnn1COCC[Si](C)(C)C)C(=O)NC1COCC1(F)F. The molecular weight excluding hydrogens is 436 g/mol. The minimum Gasteiger partial charge on any atom is -0.373 e. The highest BCUT2D eigenvalue weighted by atomic mass is 28.3. The lowest BCUT2D eigenvalue weighted by atomic mass is 10.1. The number of halogens is 2. The Bertz CT molecular complexity index is 919. The third-order valence-corrected chi connectivity index (χ3v) is 6.96. The van der Waals surface area contributed by atoms with Gasteiger partial charge in [-0.1, -0.05) is 19.6 Å². The van der Waals surface area contributed by atoms with Crippen LogP contribution in [0.25, 0.3) is 11.3 Å². The maximum atomic E-state index is 13.8. The molecule has 1 aliphatic rings. The number of ether oxygens (including phenoxy) is 2. The van der Waals surface area contributed by atoms with Crippen LogP contribution in [0.5, 0.6) is 0 Å². The second-order valence-electron chi connectivity index (χ2n) is 9.23. The minimum atomic E-state index is -3.07. The lowest BCUT2D eigenvalue weighted by Crippen LogP contribution is -2.50. The van der Waals surface area contributed by atoms with E-state index in [0.717, 1.165) is 22.9 Å². The average Bonchev–Trinajstić information content (AvgIpc) is 3.31. The molecule has 0 bridgehead atoms. The van der Waals surface area contributed by atoms with Crippen LogP contribution in [-0.2, 0) is 22.7 Å². The van der Waals surface area contributed by atoms with Gasteiger partial charge in [-0.2, -0.15) is 5.10 Å². The van der Waals surface area contributed by atoms with Gasteiger partial charge in [0.05, 0.1) is 12.3 Å². The summed E-state index contributed by atoms with van der Waals surface area (Å²) in [6.45, 7) is 7.21. The predicted octanol–water partition coefficient (Wildman–Crippen LogP) is 3.43. The molecule has 1 N–H and O–H groups in total. The molecule has 1 aliphatic heterocycles. The van der Waals surface area contributed by atoms with E-state index in [0.29, 0.717) is 13.3 Å². The highest BCUT2D eigenvalue weighted by molar-refractivity contribution is 6.76. The minimum absolute atomic E-state index is 0.204. The van der Waals surface area contributed by atoms with Gasteiger partial charge in [0.1, 0.15) is 19.4 Å². The van der Waals surface area contributed by atoms with Crippen molar-refractivity contribution in [1.29, 1.82) is 0 Å². The van der Waals surface area contributed by atoms with E-state index in [4.69, 9.17) is 9.47 Å². The largest absolute Gasteiger partial charge is 0.373 e. The number of carbonyl (C=O) groups is 1. The molecular formula is C21H31F2N5O3Si. The predicted molar refractivity (Wildman–Crippen MR) is 119 cm³/mol. The number of nitrogens with zero attached hydrogens (tertiary/aromatic N) is 4. The van der Waals surface area contributed by atoms with Gasteiger partial charge in [0.2, 0.25) is 0 Å². The van der Waals surface area contributed by atoms with Crippen molar-refractivity contribution in [2.24, 2.45) is 0 Å². The quantitative estimate of drug-likeness (QED) is 0.451. The van der Waals surface area contributed by atoms with Gasteiger partial charge in [-0.3, -0.25) is 4.98 Å². The summed E-state index contributed by atoms with van der Waals surface area (Å²) >= 11 is 0. The number of hydrogen-bond acceptors (Lipinski definition) is 5. The zero-order valence-corrected chi connectivity index (χ0v) is 20.0. The van der Waals surface area contributed by atoms with Crippen LogP contribution in [0.2, 0.25) is 25.7 Å². The van der Waals surface area contributed by atoms with Crippen molar-refractivity contribution in [1.82, 2.24) is 25.0 Å². The Balaban J connectivity index is 1.66. The zero-order chi connectivity index (χ0) is 23.4. The smallest absolute Gasteiger partial charge is 0.317 e. The third-order valence-electron chi connectivity index (χ3n) is 5.25. The van der Waals surface area contributed by atoms with Crippen LogP contribution < -0.4 is 5.32 Å². The summed E-state index contributed by atoms with van der Waals surface area (Å²) in [4.78, 5) is 18.1. The molecule has 1 unspecified atom stereocenters. The first kappa shape index (κ1) is 24.3. The number of aromatic nitrogens is 3. The van der Waals surface area contributed by atoms with Crippen molar-refractivity contribution in [3.63, 3.8) is 0 Å². The van der Waals surface area contributed by atoms with E-state index in [1.54, 1.807) is 36.4 Å². The Morgan fingerprint density at radius 2 is 2.16 bits per heavy atom. The van der Waals surface area contributed by atoms with Crippen LogP contribution >= 0.6 is 0 Å². The van der Waals surface area contributed by atoms with Crippen LogP contribution in [0.15, 0.2) is 30.7 Å². The lowest BCUT2D eigenvalue weighted by Gasteiger charge is -2.24. The Morgan fingerprint density at radius 1 is 1.38 bits per heavy atom. The molecule has 3 rings (SSSR count). The molecule has 1 saturated heterocycles. The van der Waals surface area contributed by atoms with Gasteiger partial charge >= 0.3 is 6.03 Å². The van der Waals surface area contributed by atoms with Gasteiger partial charge in [-0.25, -0.2) is 18.3 Å².